The standard InChI is InChI=1S/C17H21N7O2/c1-12(20-17(25)16-11-23(8-7-18)22-21-16)13-9-19-24(10-13)14-3-5-15(26-2)6-4-14/h3-6,9-12H,7-8,18H2,1-2H3,(H,20,25)/t12-/m1/s1. The normalized spacial score (nSPS) is 12.0. The number of rotatable bonds is 7. The molecule has 0 aliphatic rings. The average Bonchev–Trinajstić information content (AvgIpc) is 3.32. The molecule has 0 aliphatic heterocycles. The van der Waals surface area contributed by atoms with E-state index in [1.807, 2.05) is 37.4 Å². The maximum atomic E-state index is 12.3. The van der Waals surface area contributed by atoms with Gasteiger partial charge < -0.3 is 15.8 Å². The average molecular weight is 355 g/mol. The molecule has 0 spiro atoms. The fourth-order valence-corrected chi connectivity index (χ4v) is 2.43. The molecule has 2 heterocycles. The zero-order chi connectivity index (χ0) is 18.5. The van der Waals surface area contributed by atoms with Crippen LogP contribution >= 0.6 is 0 Å². The van der Waals surface area contributed by atoms with Crippen molar-refractivity contribution >= 4 is 5.91 Å². The Morgan fingerprint density at radius 2 is 2.08 bits per heavy atom. The predicted molar refractivity (Wildman–Crippen MR) is 95.1 cm³/mol. The summed E-state index contributed by atoms with van der Waals surface area (Å²) >= 11 is 0. The molecule has 0 aliphatic carbocycles. The molecule has 0 saturated heterocycles. The van der Waals surface area contributed by atoms with Gasteiger partial charge in [0.15, 0.2) is 5.69 Å². The number of methoxy groups -OCH3 is 1. The summed E-state index contributed by atoms with van der Waals surface area (Å²) in [5.41, 5.74) is 7.50. The first-order valence-electron chi connectivity index (χ1n) is 8.20. The van der Waals surface area contributed by atoms with Gasteiger partial charge in [-0.25, -0.2) is 4.68 Å². The Kier molecular flexibility index (Phi) is 5.28. The molecule has 0 unspecified atom stereocenters. The predicted octanol–water partition coefficient (Wildman–Crippen LogP) is 0.922. The van der Waals surface area contributed by atoms with E-state index in [1.54, 1.807) is 28.9 Å². The molecule has 26 heavy (non-hydrogen) atoms. The van der Waals surface area contributed by atoms with E-state index in [9.17, 15) is 4.79 Å². The Balaban J connectivity index is 1.66. The molecule has 3 rings (SSSR count). The molecule has 2 aromatic heterocycles. The van der Waals surface area contributed by atoms with Crippen molar-refractivity contribution < 1.29 is 9.53 Å². The van der Waals surface area contributed by atoms with Gasteiger partial charge in [-0.15, -0.1) is 5.10 Å². The second kappa shape index (κ2) is 7.79. The van der Waals surface area contributed by atoms with Crippen LogP contribution in [0.1, 0.15) is 29.0 Å². The summed E-state index contributed by atoms with van der Waals surface area (Å²) in [4.78, 5) is 12.3. The number of hydrogen-bond donors (Lipinski definition) is 2. The molecule has 1 aromatic carbocycles. The minimum Gasteiger partial charge on any atom is -0.497 e. The van der Waals surface area contributed by atoms with E-state index in [0.717, 1.165) is 17.0 Å². The van der Waals surface area contributed by atoms with E-state index in [2.05, 4.69) is 20.7 Å². The van der Waals surface area contributed by atoms with Crippen molar-refractivity contribution in [3.63, 3.8) is 0 Å². The van der Waals surface area contributed by atoms with Gasteiger partial charge in [-0.05, 0) is 31.2 Å². The fraction of sp³-hybridized carbons (Fsp3) is 0.294. The van der Waals surface area contributed by atoms with Crippen LogP contribution in [0.5, 0.6) is 5.75 Å². The van der Waals surface area contributed by atoms with Crippen molar-refractivity contribution in [3.05, 3.63) is 54.1 Å². The first-order chi connectivity index (χ1) is 12.6. The maximum Gasteiger partial charge on any atom is 0.273 e. The summed E-state index contributed by atoms with van der Waals surface area (Å²) in [7, 11) is 1.62. The van der Waals surface area contributed by atoms with E-state index in [4.69, 9.17) is 10.5 Å². The molecule has 1 amide bonds. The van der Waals surface area contributed by atoms with Gasteiger partial charge in [-0.3, -0.25) is 9.48 Å². The maximum absolute atomic E-state index is 12.3. The Morgan fingerprint density at radius 3 is 2.77 bits per heavy atom. The van der Waals surface area contributed by atoms with Crippen molar-refractivity contribution in [3.8, 4) is 11.4 Å². The van der Waals surface area contributed by atoms with Gasteiger partial charge in [0.25, 0.3) is 5.91 Å². The van der Waals surface area contributed by atoms with Crippen LogP contribution in [0.2, 0.25) is 0 Å². The molecular formula is C17H21N7O2. The first-order valence-corrected chi connectivity index (χ1v) is 8.20. The van der Waals surface area contributed by atoms with E-state index in [0.29, 0.717) is 13.1 Å². The van der Waals surface area contributed by atoms with E-state index < -0.39 is 0 Å². The van der Waals surface area contributed by atoms with Gasteiger partial charge >= 0.3 is 0 Å². The molecule has 9 nitrogen and oxygen atoms in total. The van der Waals surface area contributed by atoms with Gasteiger partial charge in [-0.2, -0.15) is 5.10 Å². The molecular weight excluding hydrogens is 334 g/mol. The summed E-state index contributed by atoms with van der Waals surface area (Å²) in [6.07, 6.45) is 5.17. The highest BCUT2D eigenvalue weighted by atomic mass is 16.5. The van der Waals surface area contributed by atoms with Crippen LogP contribution in [0, 0.1) is 0 Å². The summed E-state index contributed by atoms with van der Waals surface area (Å²) in [5.74, 6) is 0.488. The molecule has 0 saturated carbocycles. The van der Waals surface area contributed by atoms with Crippen LogP contribution in [-0.2, 0) is 6.54 Å². The van der Waals surface area contributed by atoms with Crippen LogP contribution in [0.15, 0.2) is 42.9 Å². The first kappa shape index (κ1) is 17.6. The zero-order valence-corrected chi connectivity index (χ0v) is 14.7. The largest absolute Gasteiger partial charge is 0.497 e. The highest BCUT2D eigenvalue weighted by molar-refractivity contribution is 5.92. The number of carbonyl (C=O) groups excluding carboxylic acids is 1. The third-order valence-corrected chi connectivity index (χ3v) is 3.92. The fourth-order valence-electron chi connectivity index (χ4n) is 2.43. The van der Waals surface area contributed by atoms with E-state index >= 15 is 0 Å². The molecule has 0 radical (unpaired) electrons. The zero-order valence-electron chi connectivity index (χ0n) is 14.7. The molecule has 1 atom stereocenters. The summed E-state index contributed by atoms with van der Waals surface area (Å²) in [6, 6.07) is 7.33. The smallest absolute Gasteiger partial charge is 0.273 e. The topological polar surface area (TPSA) is 113 Å². The number of hydrogen-bond acceptors (Lipinski definition) is 6. The second-order valence-electron chi connectivity index (χ2n) is 5.77. The van der Waals surface area contributed by atoms with Crippen LogP contribution in [-0.4, -0.2) is 44.3 Å². The van der Waals surface area contributed by atoms with Gasteiger partial charge in [0.05, 0.1) is 37.8 Å². The number of carbonyl (C=O) groups is 1. The van der Waals surface area contributed by atoms with Crippen LogP contribution in [0.4, 0.5) is 0 Å². The lowest BCUT2D eigenvalue weighted by Crippen LogP contribution is -2.26. The number of amides is 1. The lowest BCUT2D eigenvalue weighted by molar-refractivity contribution is 0.0934. The number of nitrogens with two attached hydrogens (primary N) is 1. The van der Waals surface area contributed by atoms with Crippen molar-refractivity contribution in [2.75, 3.05) is 13.7 Å². The third-order valence-electron chi connectivity index (χ3n) is 3.92. The van der Waals surface area contributed by atoms with Crippen LogP contribution in [0.3, 0.4) is 0 Å². The van der Waals surface area contributed by atoms with Gasteiger partial charge in [0.2, 0.25) is 0 Å². The minimum atomic E-state index is -0.294. The van der Waals surface area contributed by atoms with Crippen molar-refractivity contribution in [2.24, 2.45) is 5.73 Å². The number of benzene rings is 1. The van der Waals surface area contributed by atoms with Crippen molar-refractivity contribution in [2.45, 2.75) is 19.5 Å². The Bertz CT molecular complexity index is 869. The van der Waals surface area contributed by atoms with Gasteiger partial charge in [0.1, 0.15) is 5.75 Å². The van der Waals surface area contributed by atoms with Crippen LogP contribution < -0.4 is 15.8 Å². The Labute approximate surface area is 150 Å². The van der Waals surface area contributed by atoms with E-state index in [-0.39, 0.29) is 17.6 Å². The summed E-state index contributed by atoms with van der Waals surface area (Å²) < 4.78 is 8.44. The molecule has 0 bridgehead atoms. The van der Waals surface area contributed by atoms with Crippen molar-refractivity contribution in [1.82, 2.24) is 30.1 Å². The number of ether oxygens (including phenoxy) is 1. The quantitative estimate of drug-likeness (QED) is 0.652. The minimum absolute atomic E-state index is 0.228. The lowest BCUT2D eigenvalue weighted by atomic mass is 10.2. The van der Waals surface area contributed by atoms with E-state index in [1.165, 1.54) is 0 Å². The number of nitrogens with one attached hydrogen (secondary N) is 1. The highest BCUT2D eigenvalue weighted by Gasteiger charge is 2.16. The SMILES string of the molecule is COc1ccc(-n2cc([C@@H](C)NC(=O)c3cn(CCN)nn3)cn2)cc1. The van der Waals surface area contributed by atoms with Gasteiger partial charge in [0, 0.05) is 18.3 Å². The third kappa shape index (κ3) is 3.89. The molecule has 0 fully saturated rings. The molecule has 3 aromatic rings. The Morgan fingerprint density at radius 1 is 1.31 bits per heavy atom. The van der Waals surface area contributed by atoms with Crippen LogP contribution in [0.25, 0.3) is 5.69 Å². The molecule has 9 heteroatoms. The summed E-state index contributed by atoms with van der Waals surface area (Å²) in [6.45, 7) is 2.84. The number of aromatic nitrogens is 5. The summed E-state index contributed by atoms with van der Waals surface area (Å²) in [5, 5.41) is 15.0. The lowest BCUT2D eigenvalue weighted by Gasteiger charge is -2.10. The molecule has 136 valence electrons. The number of nitrogens with zero attached hydrogens (tertiary/aromatic N) is 5. The second-order valence-corrected chi connectivity index (χ2v) is 5.77. The highest BCUT2D eigenvalue weighted by Crippen LogP contribution is 2.17. The monoisotopic (exact) mass is 355 g/mol. The molecule has 3 N–H and O–H groups in total. The van der Waals surface area contributed by atoms with Gasteiger partial charge in [-0.1, -0.05) is 5.21 Å². The Hall–Kier alpha value is -3.20. The van der Waals surface area contributed by atoms with Crippen molar-refractivity contribution in [1.29, 1.82) is 0 Å².